The lowest BCUT2D eigenvalue weighted by atomic mass is 9.63. The van der Waals surface area contributed by atoms with Crippen LogP contribution in [0.5, 0.6) is 11.5 Å². The number of hydrogen-bond donors (Lipinski definition) is 0. The van der Waals surface area contributed by atoms with Crippen molar-refractivity contribution in [1.29, 1.82) is 0 Å². The maximum absolute atomic E-state index is 13.3. The first-order chi connectivity index (χ1) is 18.1. The van der Waals surface area contributed by atoms with Gasteiger partial charge in [0.1, 0.15) is 18.1 Å². The van der Waals surface area contributed by atoms with Crippen molar-refractivity contribution in [2.45, 2.75) is 13.0 Å². The second-order valence-corrected chi connectivity index (χ2v) is 10.3. The Morgan fingerprint density at radius 2 is 1.35 bits per heavy atom. The number of ether oxygens (including phenoxy) is 2. The van der Waals surface area contributed by atoms with Crippen LogP contribution in [0.3, 0.4) is 0 Å². The topological polar surface area (TPSA) is 72.9 Å². The summed E-state index contributed by atoms with van der Waals surface area (Å²) in [7, 11) is 0. The zero-order valence-electron chi connectivity index (χ0n) is 20.0. The van der Waals surface area contributed by atoms with E-state index in [2.05, 4.69) is 12.2 Å². The van der Waals surface area contributed by atoms with Crippen molar-refractivity contribution >= 4 is 23.5 Å². The summed E-state index contributed by atoms with van der Waals surface area (Å²) in [6.45, 7) is 0.453. The van der Waals surface area contributed by atoms with Gasteiger partial charge in [0.05, 0.1) is 23.1 Å². The first-order valence-corrected chi connectivity index (χ1v) is 12.7. The Labute approximate surface area is 214 Å². The summed E-state index contributed by atoms with van der Waals surface area (Å²) in [6, 6.07) is 23.2. The molecule has 0 unspecified atom stereocenters. The number of anilines is 1. The van der Waals surface area contributed by atoms with Crippen molar-refractivity contribution in [3.8, 4) is 11.5 Å². The van der Waals surface area contributed by atoms with E-state index in [-0.39, 0.29) is 35.5 Å². The molecule has 8 rings (SSSR count). The van der Waals surface area contributed by atoms with Gasteiger partial charge in [-0.25, -0.2) is 4.79 Å². The van der Waals surface area contributed by atoms with Crippen LogP contribution in [0.25, 0.3) is 0 Å². The summed E-state index contributed by atoms with van der Waals surface area (Å²) in [6.07, 6.45) is 5.46. The van der Waals surface area contributed by atoms with Gasteiger partial charge in [-0.2, -0.15) is 0 Å². The molecule has 1 aliphatic heterocycles. The third kappa shape index (κ3) is 3.67. The molecule has 0 spiro atoms. The third-order valence-corrected chi connectivity index (χ3v) is 8.31. The molecule has 2 bridgehead atoms. The van der Waals surface area contributed by atoms with Gasteiger partial charge in [-0.1, -0.05) is 42.5 Å². The van der Waals surface area contributed by atoms with E-state index in [0.717, 1.165) is 12.0 Å². The SMILES string of the molecule is O=C(Oc1ccc(OCc2ccccc2)cc1)c1ccc(N2C(=O)[C@@H]3[C@H]4C=C[C@@H]([C@@H]5C[C@@H]45)[C@@H]3C2=O)cc1. The largest absolute Gasteiger partial charge is 0.489 e. The molecule has 2 amide bonds. The molecule has 1 saturated heterocycles. The van der Waals surface area contributed by atoms with Crippen LogP contribution in [0.2, 0.25) is 0 Å². The Morgan fingerprint density at radius 1 is 0.757 bits per heavy atom. The van der Waals surface area contributed by atoms with Crippen LogP contribution in [0.1, 0.15) is 22.3 Å². The quantitative estimate of drug-likeness (QED) is 0.209. The van der Waals surface area contributed by atoms with Gasteiger partial charge >= 0.3 is 5.97 Å². The van der Waals surface area contributed by atoms with Gasteiger partial charge in [0, 0.05) is 0 Å². The Kier molecular flexibility index (Phi) is 5.03. The lowest BCUT2D eigenvalue weighted by Crippen LogP contribution is -2.40. The number of carbonyl (C=O) groups is 3. The summed E-state index contributed by atoms with van der Waals surface area (Å²) in [4.78, 5) is 40.6. The predicted octanol–water partition coefficient (Wildman–Crippen LogP) is 5.04. The molecule has 3 aromatic carbocycles. The number of nitrogens with zero attached hydrogens (tertiary/aromatic N) is 1. The highest BCUT2D eigenvalue weighted by molar-refractivity contribution is 6.22. The molecule has 6 heteroatoms. The number of allylic oxidation sites excluding steroid dienone is 2. The number of carbonyl (C=O) groups excluding carboxylic acids is 3. The van der Waals surface area contributed by atoms with E-state index in [1.807, 2.05) is 30.3 Å². The molecule has 5 aliphatic rings. The molecular formula is C31H25NO5. The lowest BCUT2D eigenvalue weighted by Gasteiger charge is -2.37. The zero-order chi connectivity index (χ0) is 25.1. The molecular weight excluding hydrogens is 466 g/mol. The number of rotatable bonds is 6. The number of amides is 2. The van der Waals surface area contributed by atoms with Gasteiger partial charge in [-0.3, -0.25) is 14.5 Å². The molecule has 1 heterocycles. The van der Waals surface area contributed by atoms with Crippen LogP contribution >= 0.6 is 0 Å². The van der Waals surface area contributed by atoms with Crippen LogP contribution in [-0.2, 0) is 16.2 Å². The molecule has 4 aliphatic carbocycles. The van der Waals surface area contributed by atoms with E-state index < -0.39 is 5.97 Å². The average molecular weight is 492 g/mol. The average Bonchev–Trinajstić information content (AvgIpc) is 3.72. The lowest BCUT2D eigenvalue weighted by molar-refractivity contribution is -0.124. The summed E-state index contributed by atoms with van der Waals surface area (Å²) < 4.78 is 11.3. The molecule has 3 aromatic rings. The minimum absolute atomic E-state index is 0.107. The standard InChI is InChI=1S/C31H25NO5/c33-29-27-23-14-15-24(26-16-25(23)26)28(27)30(34)32(29)20-8-6-19(7-9-20)31(35)37-22-12-10-21(11-13-22)36-17-18-4-2-1-3-5-18/h1-15,23-28H,16-17H2/t23-,24-,25-,26-,27-,28+/m0/s1. The predicted molar refractivity (Wildman–Crippen MR) is 136 cm³/mol. The number of esters is 1. The fourth-order valence-corrected chi connectivity index (χ4v) is 6.47. The van der Waals surface area contributed by atoms with Gasteiger partial charge in [0.15, 0.2) is 0 Å². The number of imide groups is 1. The molecule has 6 atom stereocenters. The first-order valence-electron chi connectivity index (χ1n) is 12.7. The molecule has 0 N–H and O–H groups in total. The van der Waals surface area contributed by atoms with Gasteiger partial charge in [-0.05, 0) is 84.2 Å². The van der Waals surface area contributed by atoms with Crippen LogP contribution in [0.15, 0.2) is 91.0 Å². The summed E-state index contributed by atoms with van der Waals surface area (Å²) in [5, 5.41) is 0. The monoisotopic (exact) mass is 491 g/mol. The molecule has 0 radical (unpaired) electrons. The molecule has 6 nitrogen and oxygen atoms in total. The van der Waals surface area contributed by atoms with Crippen molar-refractivity contribution in [2.75, 3.05) is 4.90 Å². The van der Waals surface area contributed by atoms with Crippen LogP contribution in [-0.4, -0.2) is 17.8 Å². The molecule has 2 saturated carbocycles. The third-order valence-electron chi connectivity index (χ3n) is 8.31. The normalized spacial score (nSPS) is 28.6. The summed E-state index contributed by atoms with van der Waals surface area (Å²) >= 11 is 0. The van der Waals surface area contributed by atoms with Crippen molar-refractivity contribution in [3.05, 3.63) is 102 Å². The van der Waals surface area contributed by atoms with E-state index in [0.29, 0.717) is 41.2 Å². The Hall–Kier alpha value is -4.19. The van der Waals surface area contributed by atoms with E-state index in [1.165, 1.54) is 4.90 Å². The van der Waals surface area contributed by atoms with Gasteiger partial charge in [0.2, 0.25) is 11.8 Å². The highest BCUT2D eigenvalue weighted by atomic mass is 16.5. The van der Waals surface area contributed by atoms with Crippen molar-refractivity contribution in [2.24, 2.45) is 35.5 Å². The molecule has 0 aromatic heterocycles. The second-order valence-electron chi connectivity index (χ2n) is 10.3. The van der Waals surface area contributed by atoms with Crippen LogP contribution in [0.4, 0.5) is 5.69 Å². The van der Waals surface area contributed by atoms with Gasteiger partial charge in [0.25, 0.3) is 0 Å². The number of hydrogen-bond acceptors (Lipinski definition) is 5. The van der Waals surface area contributed by atoms with Gasteiger partial charge in [-0.15, -0.1) is 0 Å². The summed E-state index contributed by atoms with van der Waals surface area (Å²) in [5.41, 5.74) is 1.92. The minimum Gasteiger partial charge on any atom is -0.489 e. The molecule has 37 heavy (non-hydrogen) atoms. The Bertz CT molecular complexity index is 1380. The van der Waals surface area contributed by atoms with E-state index in [9.17, 15) is 14.4 Å². The maximum Gasteiger partial charge on any atom is 0.343 e. The highest BCUT2D eigenvalue weighted by Gasteiger charge is 2.67. The molecule has 3 fully saturated rings. The minimum atomic E-state index is -0.514. The van der Waals surface area contributed by atoms with Gasteiger partial charge < -0.3 is 9.47 Å². The first kappa shape index (κ1) is 22.0. The Balaban J connectivity index is 1.00. The van der Waals surface area contributed by atoms with E-state index in [1.54, 1.807) is 48.5 Å². The Morgan fingerprint density at radius 3 is 1.97 bits per heavy atom. The summed E-state index contributed by atoms with van der Waals surface area (Å²) in [5.74, 6) is 1.37. The van der Waals surface area contributed by atoms with Crippen molar-refractivity contribution in [1.82, 2.24) is 0 Å². The maximum atomic E-state index is 13.3. The van der Waals surface area contributed by atoms with E-state index in [4.69, 9.17) is 9.47 Å². The molecule has 184 valence electrons. The fraction of sp³-hybridized carbons (Fsp3) is 0.258. The van der Waals surface area contributed by atoms with Crippen LogP contribution in [0, 0.1) is 35.5 Å². The van der Waals surface area contributed by atoms with Crippen LogP contribution < -0.4 is 14.4 Å². The smallest absolute Gasteiger partial charge is 0.343 e. The van der Waals surface area contributed by atoms with E-state index >= 15 is 0 Å². The number of benzene rings is 3. The van der Waals surface area contributed by atoms with Crippen molar-refractivity contribution in [3.63, 3.8) is 0 Å². The van der Waals surface area contributed by atoms with Crippen molar-refractivity contribution < 1.29 is 23.9 Å². The highest BCUT2D eigenvalue weighted by Crippen LogP contribution is 2.65. The zero-order valence-corrected chi connectivity index (χ0v) is 20.0. The second kappa shape index (κ2) is 8.44. The fourth-order valence-electron chi connectivity index (χ4n) is 6.47.